The van der Waals surface area contributed by atoms with Gasteiger partial charge in [-0.05, 0) is 26.0 Å². The van der Waals surface area contributed by atoms with E-state index in [0.29, 0.717) is 23.0 Å². The molecule has 0 amide bonds. The quantitative estimate of drug-likeness (QED) is 0.678. The molecular weight excluding hydrogens is 245 g/mol. The molecule has 0 aliphatic heterocycles. The largest absolute Gasteiger partial charge is 0.398 e. The Labute approximate surface area is 108 Å². The maximum absolute atomic E-state index is 14.0. The standard InChI is InChI=1S/C13H12FN5/c1-7-6-11-17-18-13(19(11)8(2)16-7)12-9(14)4-3-5-10(12)15/h3-6H,15H2,1-2H3. The minimum Gasteiger partial charge on any atom is -0.398 e. The van der Waals surface area contributed by atoms with Crippen LogP contribution < -0.4 is 5.73 Å². The van der Waals surface area contributed by atoms with Crippen molar-refractivity contribution < 1.29 is 4.39 Å². The molecule has 2 aromatic heterocycles. The number of aryl methyl sites for hydroxylation is 2. The van der Waals surface area contributed by atoms with Crippen LogP contribution in [0.15, 0.2) is 24.3 Å². The van der Waals surface area contributed by atoms with Crippen LogP contribution in [0.5, 0.6) is 0 Å². The number of nitrogens with two attached hydrogens (primary N) is 1. The van der Waals surface area contributed by atoms with Gasteiger partial charge in [0, 0.05) is 17.4 Å². The van der Waals surface area contributed by atoms with E-state index in [1.54, 1.807) is 22.6 Å². The average molecular weight is 257 g/mol. The number of hydrogen-bond acceptors (Lipinski definition) is 4. The lowest BCUT2D eigenvalue weighted by Crippen LogP contribution is -2.02. The maximum Gasteiger partial charge on any atom is 0.174 e. The summed E-state index contributed by atoms with van der Waals surface area (Å²) < 4.78 is 15.7. The van der Waals surface area contributed by atoms with Crippen LogP contribution in [0.2, 0.25) is 0 Å². The number of benzene rings is 1. The van der Waals surface area contributed by atoms with Crippen molar-refractivity contribution >= 4 is 11.3 Å². The van der Waals surface area contributed by atoms with Gasteiger partial charge in [0.05, 0.1) is 5.56 Å². The van der Waals surface area contributed by atoms with Gasteiger partial charge in [-0.1, -0.05) is 6.07 Å². The minimum absolute atomic E-state index is 0.253. The zero-order valence-electron chi connectivity index (χ0n) is 10.6. The highest BCUT2D eigenvalue weighted by molar-refractivity contribution is 5.73. The number of halogens is 1. The van der Waals surface area contributed by atoms with Crippen molar-refractivity contribution in [2.75, 3.05) is 5.73 Å². The van der Waals surface area contributed by atoms with Crippen LogP contribution in [0.25, 0.3) is 17.0 Å². The number of nitrogens with zero attached hydrogens (tertiary/aromatic N) is 4. The summed E-state index contributed by atoms with van der Waals surface area (Å²) in [5, 5.41) is 8.09. The third-order valence-corrected chi connectivity index (χ3v) is 2.96. The fourth-order valence-corrected chi connectivity index (χ4v) is 2.17. The van der Waals surface area contributed by atoms with Gasteiger partial charge in [0.2, 0.25) is 0 Å². The number of rotatable bonds is 1. The normalized spacial score (nSPS) is 11.1. The number of fused-ring (bicyclic) bond motifs is 1. The van der Waals surface area contributed by atoms with Gasteiger partial charge in [-0.15, -0.1) is 10.2 Å². The number of hydrogen-bond donors (Lipinski definition) is 1. The molecule has 3 aromatic rings. The molecule has 2 heterocycles. The van der Waals surface area contributed by atoms with Crippen LogP contribution in [0.4, 0.5) is 10.1 Å². The molecule has 0 bridgehead atoms. The summed E-state index contributed by atoms with van der Waals surface area (Å²) in [5.74, 6) is 0.641. The topological polar surface area (TPSA) is 69.1 Å². The van der Waals surface area contributed by atoms with Gasteiger partial charge in [0.1, 0.15) is 11.6 Å². The molecule has 1 aromatic carbocycles. The molecule has 96 valence electrons. The van der Waals surface area contributed by atoms with Crippen molar-refractivity contribution in [1.29, 1.82) is 0 Å². The van der Waals surface area contributed by atoms with E-state index in [4.69, 9.17) is 5.73 Å². The maximum atomic E-state index is 14.0. The molecule has 0 saturated heterocycles. The van der Waals surface area contributed by atoms with E-state index in [2.05, 4.69) is 15.2 Å². The zero-order valence-corrected chi connectivity index (χ0v) is 10.6. The highest BCUT2D eigenvalue weighted by Gasteiger charge is 2.17. The molecule has 19 heavy (non-hydrogen) atoms. The summed E-state index contributed by atoms with van der Waals surface area (Å²) in [5.41, 5.74) is 7.89. The molecule has 0 radical (unpaired) electrons. The second-order valence-electron chi connectivity index (χ2n) is 4.37. The van der Waals surface area contributed by atoms with Gasteiger partial charge in [0.15, 0.2) is 11.5 Å². The molecule has 5 nitrogen and oxygen atoms in total. The van der Waals surface area contributed by atoms with E-state index in [0.717, 1.165) is 5.69 Å². The molecule has 0 fully saturated rings. The van der Waals surface area contributed by atoms with Crippen LogP contribution in [0.1, 0.15) is 11.5 Å². The molecule has 0 aliphatic rings. The lowest BCUT2D eigenvalue weighted by molar-refractivity contribution is 0.630. The molecular formula is C13H12FN5. The summed E-state index contributed by atoms with van der Waals surface area (Å²) in [6, 6.07) is 6.34. The minimum atomic E-state index is -0.422. The Hall–Kier alpha value is -2.50. The number of nitrogen functional groups attached to an aromatic ring is 1. The van der Waals surface area contributed by atoms with Crippen molar-refractivity contribution in [2.24, 2.45) is 0 Å². The monoisotopic (exact) mass is 257 g/mol. The van der Waals surface area contributed by atoms with Crippen molar-refractivity contribution in [2.45, 2.75) is 13.8 Å². The lowest BCUT2D eigenvalue weighted by Gasteiger charge is -2.07. The van der Waals surface area contributed by atoms with Crippen molar-refractivity contribution in [3.63, 3.8) is 0 Å². The Kier molecular flexibility index (Phi) is 2.45. The molecule has 0 spiro atoms. The summed E-state index contributed by atoms with van der Waals surface area (Å²) in [6.45, 7) is 3.70. The Bertz CT molecular complexity index is 758. The molecule has 0 unspecified atom stereocenters. The lowest BCUT2D eigenvalue weighted by atomic mass is 10.1. The predicted octanol–water partition coefficient (Wildman–Crippen LogP) is 2.13. The third kappa shape index (κ3) is 1.72. The zero-order chi connectivity index (χ0) is 13.6. The van der Waals surface area contributed by atoms with E-state index < -0.39 is 5.82 Å². The predicted molar refractivity (Wildman–Crippen MR) is 70.1 cm³/mol. The first-order chi connectivity index (χ1) is 9.08. The highest BCUT2D eigenvalue weighted by atomic mass is 19.1. The first-order valence-electron chi connectivity index (χ1n) is 5.81. The average Bonchev–Trinajstić information content (AvgIpc) is 2.72. The molecule has 3 rings (SSSR count). The fourth-order valence-electron chi connectivity index (χ4n) is 2.17. The third-order valence-electron chi connectivity index (χ3n) is 2.96. The number of anilines is 1. The van der Waals surface area contributed by atoms with E-state index >= 15 is 0 Å². The molecule has 0 aliphatic carbocycles. The van der Waals surface area contributed by atoms with E-state index in [-0.39, 0.29) is 5.56 Å². The highest BCUT2D eigenvalue weighted by Crippen LogP contribution is 2.28. The van der Waals surface area contributed by atoms with Crippen molar-refractivity contribution in [3.8, 4) is 11.4 Å². The van der Waals surface area contributed by atoms with Gasteiger partial charge < -0.3 is 5.73 Å². The molecule has 2 N–H and O–H groups in total. The Morgan fingerprint density at radius 1 is 1.21 bits per heavy atom. The fraction of sp³-hybridized carbons (Fsp3) is 0.154. The molecule has 6 heteroatoms. The van der Waals surface area contributed by atoms with Gasteiger partial charge in [-0.2, -0.15) is 0 Å². The van der Waals surface area contributed by atoms with E-state index in [1.165, 1.54) is 6.07 Å². The Morgan fingerprint density at radius 2 is 2.00 bits per heavy atom. The van der Waals surface area contributed by atoms with Gasteiger partial charge in [0.25, 0.3) is 0 Å². The van der Waals surface area contributed by atoms with Crippen LogP contribution >= 0.6 is 0 Å². The molecule has 0 saturated carbocycles. The van der Waals surface area contributed by atoms with E-state index in [1.807, 2.05) is 13.8 Å². The summed E-state index contributed by atoms with van der Waals surface area (Å²) in [7, 11) is 0. The first kappa shape index (κ1) is 11.6. The summed E-state index contributed by atoms with van der Waals surface area (Å²) in [4.78, 5) is 4.34. The van der Waals surface area contributed by atoms with Gasteiger partial charge in [-0.3, -0.25) is 4.40 Å². The van der Waals surface area contributed by atoms with Gasteiger partial charge in [-0.25, -0.2) is 9.37 Å². The summed E-state index contributed by atoms with van der Waals surface area (Å²) in [6.07, 6.45) is 0. The van der Waals surface area contributed by atoms with Crippen molar-refractivity contribution in [1.82, 2.24) is 19.6 Å². The van der Waals surface area contributed by atoms with Gasteiger partial charge >= 0.3 is 0 Å². The first-order valence-corrected chi connectivity index (χ1v) is 5.81. The van der Waals surface area contributed by atoms with Crippen LogP contribution in [0.3, 0.4) is 0 Å². The van der Waals surface area contributed by atoms with Crippen LogP contribution in [-0.2, 0) is 0 Å². The molecule has 0 atom stereocenters. The summed E-state index contributed by atoms with van der Waals surface area (Å²) >= 11 is 0. The Balaban J connectivity index is 2.38. The van der Waals surface area contributed by atoms with Crippen LogP contribution in [0, 0.1) is 19.7 Å². The van der Waals surface area contributed by atoms with E-state index in [9.17, 15) is 4.39 Å². The van der Waals surface area contributed by atoms with Crippen LogP contribution in [-0.4, -0.2) is 19.6 Å². The Morgan fingerprint density at radius 3 is 2.74 bits per heavy atom. The second-order valence-corrected chi connectivity index (χ2v) is 4.37. The second kappa shape index (κ2) is 4.01. The smallest absolute Gasteiger partial charge is 0.174 e. The number of aromatic nitrogens is 4. The van der Waals surface area contributed by atoms with Crippen molar-refractivity contribution in [3.05, 3.63) is 41.6 Å². The SMILES string of the molecule is Cc1cc2nnc(-c3c(N)cccc3F)n2c(C)n1.